The molecule has 0 unspecified atom stereocenters. The summed E-state index contributed by atoms with van der Waals surface area (Å²) in [6.07, 6.45) is 13.0. The van der Waals surface area contributed by atoms with Crippen molar-refractivity contribution in [2.75, 3.05) is 0 Å². The molecular weight excluding hydrogens is 220 g/mol. The molecule has 18 heavy (non-hydrogen) atoms. The molecule has 4 bridgehead atoms. The molecule has 5 aliphatic rings. The van der Waals surface area contributed by atoms with E-state index in [1.165, 1.54) is 12.8 Å². The summed E-state index contributed by atoms with van der Waals surface area (Å²) in [5.74, 6) is 4.75. The maximum atomic E-state index is 9.98. The van der Waals surface area contributed by atoms with Crippen LogP contribution in [0.1, 0.15) is 64.7 Å². The van der Waals surface area contributed by atoms with Gasteiger partial charge >= 0.3 is 0 Å². The van der Waals surface area contributed by atoms with E-state index < -0.39 is 0 Å². The number of aliphatic hydroxyl groups is 1. The zero-order valence-electron chi connectivity index (χ0n) is 11.8. The molecule has 5 rings (SSSR count). The average molecular weight is 248 g/mol. The maximum absolute atomic E-state index is 9.98. The molecule has 0 aromatic carbocycles. The summed E-state index contributed by atoms with van der Waals surface area (Å²) >= 11 is 0. The highest BCUT2D eigenvalue weighted by Crippen LogP contribution is 2.64. The second-order valence-electron chi connectivity index (χ2n) is 8.33. The summed E-state index contributed by atoms with van der Waals surface area (Å²) in [7, 11) is 0. The monoisotopic (exact) mass is 248 g/mol. The van der Waals surface area contributed by atoms with Gasteiger partial charge in [0.25, 0.3) is 0 Å². The van der Waals surface area contributed by atoms with Crippen molar-refractivity contribution in [1.29, 1.82) is 0 Å². The lowest BCUT2D eigenvalue weighted by Gasteiger charge is -2.60. The number of rotatable bonds is 1. The molecule has 0 aliphatic heterocycles. The first-order valence-electron chi connectivity index (χ1n) is 8.33. The lowest BCUT2D eigenvalue weighted by Crippen LogP contribution is -2.51. The molecule has 1 heteroatoms. The average Bonchev–Trinajstić information content (AvgIpc) is 2.31. The Bertz CT molecular complexity index is 299. The Hall–Kier alpha value is -0.0400. The number of hydrogen-bond acceptors (Lipinski definition) is 1. The third kappa shape index (κ3) is 1.69. The predicted molar refractivity (Wildman–Crippen MR) is 73.1 cm³/mol. The van der Waals surface area contributed by atoms with Gasteiger partial charge in [0.1, 0.15) is 0 Å². The smallest absolute Gasteiger partial charge is 0.0566 e. The first kappa shape index (κ1) is 11.8. The lowest BCUT2D eigenvalue weighted by molar-refractivity contribution is -0.109. The third-order valence-corrected chi connectivity index (χ3v) is 7.08. The van der Waals surface area contributed by atoms with Crippen molar-refractivity contribution in [3.05, 3.63) is 0 Å². The molecular formula is C17H28O. The molecule has 5 saturated carbocycles. The van der Waals surface area contributed by atoms with Gasteiger partial charge in [0.2, 0.25) is 0 Å². The molecule has 1 N–H and O–H groups in total. The van der Waals surface area contributed by atoms with E-state index in [-0.39, 0.29) is 6.10 Å². The topological polar surface area (TPSA) is 20.2 Å². The minimum atomic E-state index is -0.00448. The van der Waals surface area contributed by atoms with Gasteiger partial charge in [-0.2, -0.15) is 0 Å². The van der Waals surface area contributed by atoms with Crippen LogP contribution in [0.25, 0.3) is 0 Å². The molecule has 5 aliphatic carbocycles. The van der Waals surface area contributed by atoms with E-state index in [1.54, 1.807) is 38.5 Å². The SMILES string of the molecule is C[C@@H]1C[C@@H](C23CC4CC(CC(C4)C2)C3)CC[C@H]1O. The van der Waals surface area contributed by atoms with E-state index in [0.29, 0.717) is 5.92 Å². The quantitative estimate of drug-likeness (QED) is 0.743. The van der Waals surface area contributed by atoms with Crippen LogP contribution in [0.3, 0.4) is 0 Å². The normalized spacial score (nSPS) is 59.0. The van der Waals surface area contributed by atoms with Gasteiger partial charge in [-0.3, -0.25) is 0 Å². The summed E-state index contributed by atoms with van der Waals surface area (Å²) in [6.45, 7) is 2.28. The summed E-state index contributed by atoms with van der Waals surface area (Å²) in [5.41, 5.74) is 0.725. The van der Waals surface area contributed by atoms with Crippen LogP contribution in [-0.2, 0) is 0 Å². The van der Waals surface area contributed by atoms with Crippen molar-refractivity contribution in [2.45, 2.75) is 70.8 Å². The standard InChI is InChI=1S/C17H28O/c1-11-4-15(2-3-16(11)18)17-8-12-5-13(9-17)7-14(6-12)10-17/h11-16,18H,2-10H2,1H3/t11-,12?,13?,14?,15+,16-,17?/m1/s1. The van der Waals surface area contributed by atoms with Gasteiger partial charge in [0, 0.05) is 0 Å². The molecule has 0 saturated heterocycles. The van der Waals surface area contributed by atoms with Gasteiger partial charge in [-0.25, -0.2) is 0 Å². The molecule has 1 nitrogen and oxygen atoms in total. The fourth-order valence-electron chi connectivity index (χ4n) is 6.61. The van der Waals surface area contributed by atoms with E-state index in [1.807, 2.05) is 0 Å². The Kier molecular flexibility index (Phi) is 2.60. The molecule has 3 atom stereocenters. The van der Waals surface area contributed by atoms with Crippen molar-refractivity contribution in [1.82, 2.24) is 0 Å². The van der Waals surface area contributed by atoms with Crippen LogP contribution in [0.4, 0.5) is 0 Å². The van der Waals surface area contributed by atoms with Gasteiger partial charge in [-0.05, 0) is 92.8 Å². The maximum Gasteiger partial charge on any atom is 0.0566 e. The second kappa shape index (κ2) is 3.98. The zero-order chi connectivity index (χ0) is 12.3. The highest BCUT2D eigenvalue weighted by molar-refractivity contribution is 5.05. The predicted octanol–water partition coefficient (Wildman–Crippen LogP) is 4.00. The van der Waals surface area contributed by atoms with Crippen LogP contribution >= 0.6 is 0 Å². The summed E-state index contributed by atoms with van der Waals surface area (Å²) < 4.78 is 0. The van der Waals surface area contributed by atoms with E-state index in [0.717, 1.165) is 35.5 Å². The first-order chi connectivity index (χ1) is 8.64. The second-order valence-corrected chi connectivity index (χ2v) is 8.33. The van der Waals surface area contributed by atoms with E-state index in [4.69, 9.17) is 0 Å². The lowest BCUT2D eigenvalue weighted by atomic mass is 9.45. The van der Waals surface area contributed by atoms with Gasteiger partial charge < -0.3 is 5.11 Å². The summed E-state index contributed by atoms with van der Waals surface area (Å²) in [6, 6.07) is 0. The Morgan fingerprint density at radius 3 is 1.89 bits per heavy atom. The highest BCUT2D eigenvalue weighted by atomic mass is 16.3. The van der Waals surface area contributed by atoms with Crippen LogP contribution < -0.4 is 0 Å². The van der Waals surface area contributed by atoms with Crippen molar-refractivity contribution in [3.8, 4) is 0 Å². The van der Waals surface area contributed by atoms with Crippen LogP contribution in [0, 0.1) is 35.0 Å². The third-order valence-electron chi connectivity index (χ3n) is 7.08. The molecule has 102 valence electrons. The van der Waals surface area contributed by atoms with Gasteiger partial charge in [-0.15, -0.1) is 0 Å². The Labute approximate surface area is 111 Å². The Morgan fingerprint density at radius 2 is 1.39 bits per heavy atom. The minimum absolute atomic E-state index is 0.00448. The first-order valence-corrected chi connectivity index (χ1v) is 8.33. The largest absolute Gasteiger partial charge is 0.393 e. The number of hydrogen-bond donors (Lipinski definition) is 1. The van der Waals surface area contributed by atoms with Crippen LogP contribution in [-0.4, -0.2) is 11.2 Å². The van der Waals surface area contributed by atoms with Crippen molar-refractivity contribution >= 4 is 0 Å². The molecule has 0 radical (unpaired) electrons. The van der Waals surface area contributed by atoms with Crippen LogP contribution in [0.15, 0.2) is 0 Å². The van der Waals surface area contributed by atoms with Crippen LogP contribution in [0.5, 0.6) is 0 Å². The molecule has 0 spiro atoms. The fraction of sp³-hybridized carbons (Fsp3) is 1.00. The zero-order valence-corrected chi connectivity index (χ0v) is 11.8. The molecule has 0 aromatic rings. The van der Waals surface area contributed by atoms with Crippen LogP contribution in [0.2, 0.25) is 0 Å². The Morgan fingerprint density at radius 1 is 0.833 bits per heavy atom. The molecule has 5 fully saturated rings. The molecule has 0 amide bonds. The number of aliphatic hydroxyl groups excluding tert-OH is 1. The van der Waals surface area contributed by atoms with Crippen molar-refractivity contribution in [2.24, 2.45) is 35.0 Å². The highest BCUT2D eigenvalue weighted by Gasteiger charge is 2.54. The van der Waals surface area contributed by atoms with Crippen molar-refractivity contribution in [3.63, 3.8) is 0 Å². The molecule has 0 heterocycles. The van der Waals surface area contributed by atoms with Gasteiger partial charge in [0.05, 0.1) is 6.10 Å². The van der Waals surface area contributed by atoms with E-state index >= 15 is 0 Å². The van der Waals surface area contributed by atoms with Gasteiger partial charge in [-0.1, -0.05) is 6.92 Å². The fourth-order valence-corrected chi connectivity index (χ4v) is 6.61. The minimum Gasteiger partial charge on any atom is -0.393 e. The molecule has 0 aromatic heterocycles. The summed E-state index contributed by atoms with van der Waals surface area (Å²) in [5, 5.41) is 9.98. The Balaban J connectivity index is 1.56. The van der Waals surface area contributed by atoms with E-state index in [2.05, 4.69) is 6.92 Å². The van der Waals surface area contributed by atoms with Gasteiger partial charge in [0.15, 0.2) is 0 Å². The van der Waals surface area contributed by atoms with Crippen molar-refractivity contribution < 1.29 is 5.11 Å². The van der Waals surface area contributed by atoms with E-state index in [9.17, 15) is 5.11 Å². The summed E-state index contributed by atoms with van der Waals surface area (Å²) in [4.78, 5) is 0.